The molecule has 8 nitrogen and oxygen atoms in total. The summed E-state index contributed by atoms with van der Waals surface area (Å²) in [6, 6.07) is 11.9. The summed E-state index contributed by atoms with van der Waals surface area (Å²) in [5.74, 6) is 0.265. The van der Waals surface area contributed by atoms with Gasteiger partial charge < -0.3 is 24.4 Å². The number of carboxylic acids is 1. The number of rotatable bonds is 11. The van der Waals surface area contributed by atoms with Crippen molar-refractivity contribution in [2.75, 3.05) is 45.3 Å². The lowest BCUT2D eigenvalue weighted by Crippen LogP contribution is -2.44. The van der Waals surface area contributed by atoms with Crippen LogP contribution in [0, 0.1) is 31.6 Å². The minimum Gasteiger partial charge on any atom is -0.488 e. The molecule has 9 heteroatoms. The number of fused-ring (bicyclic) bond motifs is 2. The van der Waals surface area contributed by atoms with E-state index in [0.717, 1.165) is 71.2 Å². The van der Waals surface area contributed by atoms with Gasteiger partial charge in [-0.05, 0) is 80.3 Å². The molecule has 2 aliphatic rings. The number of methoxy groups -OCH3 is 1. The first-order valence-corrected chi connectivity index (χ1v) is 15.1. The third-order valence-corrected chi connectivity index (χ3v) is 9.36. The Morgan fingerprint density at radius 1 is 1.12 bits per heavy atom. The Morgan fingerprint density at radius 2 is 1.88 bits per heavy atom. The number of carbonyl (C=O) groups is 2. The van der Waals surface area contributed by atoms with Crippen LogP contribution in [0.5, 0.6) is 5.75 Å². The molecule has 1 N–H and O–H groups in total. The average Bonchev–Trinajstić information content (AvgIpc) is 3.55. The lowest BCUT2D eigenvalue weighted by molar-refractivity contribution is -0.144. The first-order chi connectivity index (χ1) is 19.7. The molecular formula is C32H39N3O5S. The number of amides is 1. The van der Waals surface area contributed by atoms with Crippen LogP contribution >= 0.6 is 11.3 Å². The van der Waals surface area contributed by atoms with Crippen LogP contribution in [-0.2, 0) is 16.1 Å². The van der Waals surface area contributed by atoms with Gasteiger partial charge in [0, 0.05) is 56.9 Å². The summed E-state index contributed by atoms with van der Waals surface area (Å²) >= 11 is 1.61. The number of aliphatic carboxylic acids is 1. The van der Waals surface area contributed by atoms with E-state index >= 15 is 0 Å². The predicted octanol–water partition coefficient (Wildman–Crippen LogP) is 5.66. The van der Waals surface area contributed by atoms with Gasteiger partial charge in [-0.2, -0.15) is 0 Å². The maximum Gasteiger partial charge on any atom is 0.307 e. The summed E-state index contributed by atoms with van der Waals surface area (Å²) in [7, 11) is 3.48. The van der Waals surface area contributed by atoms with Gasteiger partial charge in [-0.1, -0.05) is 17.7 Å². The van der Waals surface area contributed by atoms with Crippen LogP contribution in [-0.4, -0.2) is 67.3 Å². The van der Waals surface area contributed by atoms with Crippen molar-refractivity contribution in [3.63, 3.8) is 0 Å². The van der Waals surface area contributed by atoms with E-state index in [9.17, 15) is 14.7 Å². The number of carbonyl (C=O) groups excluding carboxylic acids is 1. The zero-order valence-corrected chi connectivity index (χ0v) is 25.1. The smallest absolute Gasteiger partial charge is 0.307 e. The zero-order valence-electron chi connectivity index (χ0n) is 24.3. The van der Waals surface area contributed by atoms with Crippen LogP contribution in [0.1, 0.15) is 46.3 Å². The van der Waals surface area contributed by atoms with Crippen LogP contribution in [0.2, 0.25) is 0 Å². The first-order valence-electron chi connectivity index (χ1n) is 14.3. The number of carboxylic acid groups (broad SMARTS) is 1. The second kappa shape index (κ2) is 12.6. The number of aromatic nitrogens is 1. The molecule has 1 saturated carbocycles. The van der Waals surface area contributed by atoms with Gasteiger partial charge in [-0.15, -0.1) is 11.3 Å². The Hall–Kier alpha value is -3.43. The predicted molar refractivity (Wildman–Crippen MR) is 161 cm³/mol. The summed E-state index contributed by atoms with van der Waals surface area (Å²) in [6.07, 6.45) is 2.75. The van der Waals surface area contributed by atoms with Gasteiger partial charge >= 0.3 is 5.97 Å². The molecule has 0 spiro atoms. The molecule has 2 bridgehead atoms. The highest BCUT2D eigenvalue weighted by Gasteiger charge is 2.46. The Kier molecular flexibility index (Phi) is 8.94. The molecule has 218 valence electrons. The summed E-state index contributed by atoms with van der Waals surface area (Å²) in [4.78, 5) is 33.6. The van der Waals surface area contributed by atoms with Crippen LogP contribution in [0.15, 0.2) is 41.8 Å². The van der Waals surface area contributed by atoms with Gasteiger partial charge in [0.15, 0.2) is 5.13 Å². The van der Waals surface area contributed by atoms with Crippen molar-refractivity contribution in [2.45, 2.75) is 39.7 Å². The van der Waals surface area contributed by atoms with Crippen LogP contribution in [0.4, 0.5) is 5.13 Å². The van der Waals surface area contributed by atoms with Crippen molar-refractivity contribution in [1.82, 2.24) is 9.88 Å². The zero-order chi connectivity index (χ0) is 29.1. The highest BCUT2D eigenvalue weighted by Crippen LogP contribution is 2.44. The van der Waals surface area contributed by atoms with E-state index in [0.29, 0.717) is 25.3 Å². The second-order valence-electron chi connectivity index (χ2n) is 11.4. The normalized spacial score (nSPS) is 19.8. The van der Waals surface area contributed by atoms with Crippen molar-refractivity contribution < 1.29 is 24.2 Å². The van der Waals surface area contributed by atoms with Gasteiger partial charge in [0.2, 0.25) is 0 Å². The lowest BCUT2D eigenvalue weighted by Gasteiger charge is -2.35. The molecule has 1 aliphatic heterocycles. The monoisotopic (exact) mass is 577 g/mol. The number of ether oxygens (including phenoxy) is 2. The molecule has 0 radical (unpaired) electrons. The van der Waals surface area contributed by atoms with Crippen molar-refractivity contribution in [3.8, 4) is 17.0 Å². The number of piperidine rings is 1. The van der Waals surface area contributed by atoms with E-state index in [2.05, 4.69) is 23.3 Å². The van der Waals surface area contributed by atoms with Crippen LogP contribution < -0.4 is 9.64 Å². The molecule has 1 aliphatic carbocycles. The van der Waals surface area contributed by atoms with E-state index in [4.69, 9.17) is 14.5 Å². The minimum atomic E-state index is -0.653. The maximum absolute atomic E-state index is 12.8. The fourth-order valence-electron chi connectivity index (χ4n) is 6.20. The number of benzene rings is 2. The van der Waals surface area contributed by atoms with E-state index in [1.54, 1.807) is 23.3 Å². The molecule has 1 saturated heterocycles. The Labute approximate surface area is 245 Å². The van der Waals surface area contributed by atoms with Gasteiger partial charge in [-0.3, -0.25) is 9.59 Å². The highest BCUT2D eigenvalue weighted by molar-refractivity contribution is 7.14. The van der Waals surface area contributed by atoms with E-state index in [1.165, 1.54) is 0 Å². The van der Waals surface area contributed by atoms with Crippen molar-refractivity contribution in [3.05, 3.63) is 64.0 Å². The van der Waals surface area contributed by atoms with Crippen LogP contribution in [0.25, 0.3) is 11.3 Å². The molecule has 2 aromatic carbocycles. The second-order valence-corrected chi connectivity index (χ2v) is 12.2. The summed E-state index contributed by atoms with van der Waals surface area (Å²) in [5.41, 5.74) is 5.62. The van der Waals surface area contributed by atoms with Gasteiger partial charge in [-0.25, -0.2) is 4.98 Å². The number of thiazole rings is 1. The Morgan fingerprint density at radius 3 is 2.56 bits per heavy atom. The van der Waals surface area contributed by atoms with Crippen molar-refractivity contribution >= 4 is 28.3 Å². The molecule has 2 heterocycles. The first kappa shape index (κ1) is 29.1. The third kappa shape index (κ3) is 6.41. The topological polar surface area (TPSA) is 92.2 Å². The molecular weight excluding hydrogens is 538 g/mol. The lowest BCUT2D eigenvalue weighted by atomic mass is 9.85. The average molecular weight is 578 g/mol. The number of hydrogen-bond acceptors (Lipinski definition) is 7. The van der Waals surface area contributed by atoms with E-state index < -0.39 is 5.97 Å². The fourth-order valence-corrected chi connectivity index (χ4v) is 7.05. The summed E-state index contributed by atoms with van der Waals surface area (Å²) in [5, 5.41) is 12.7. The number of nitrogens with zero attached hydrogens (tertiary/aromatic N) is 3. The third-order valence-electron chi connectivity index (χ3n) is 8.45. The van der Waals surface area contributed by atoms with E-state index in [1.807, 2.05) is 44.3 Å². The van der Waals surface area contributed by atoms with Crippen molar-refractivity contribution in [1.29, 1.82) is 0 Å². The standard InChI is InChI=1S/C32H39N3O5S/c1-20-6-11-28(40-18-25-10-7-22(15-21(25)2)30(36)34(3)12-5-13-39-4)26(14-20)27-19-41-32(33-27)35-16-23-8-9-24(17-35)29(23)31(37)38/h6-7,10-11,14-15,19,23-24,29H,5,8-9,12-13,16-18H2,1-4H3,(H,37,38)/t23-,24?,29?/m1/s1. The largest absolute Gasteiger partial charge is 0.488 e. The molecule has 41 heavy (non-hydrogen) atoms. The summed E-state index contributed by atoms with van der Waals surface area (Å²) < 4.78 is 11.4. The SMILES string of the molecule is COCCCN(C)C(=O)c1ccc(COc2ccc(C)cc2-c2csc(N3CC4CC[C@H](C3)C4C(=O)O)n2)c(C)c1. The Bertz CT molecular complexity index is 1390. The van der Waals surface area contributed by atoms with Gasteiger partial charge in [0.05, 0.1) is 11.6 Å². The highest BCUT2D eigenvalue weighted by atomic mass is 32.1. The molecule has 2 fully saturated rings. The fraction of sp³-hybridized carbons (Fsp3) is 0.469. The molecule has 5 rings (SSSR count). The molecule has 1 aromatic heterocycles. The number of anilines is 1. The molecule has 3 atom stereocenters. The number of aryl methyl sites for hydroxylation is 2. The molecule has 3 aromatic rings. The maximum atomic E-state index is 12.8. The summed E-state index contributed by atoms with van der Waals surface area (Å²) in [6.45, 7) is 7.21. The number of hydrogen-bond donors (Lipinski definition) is 1. The van der Waals surface area contributed by atoms with Gasteiger partial charge in [0.1, 0.15) is 12.4 Å². The van der Waals surface area contributed by atoms with Crippen LogP contribution in [0.3, 0.4) is 0 Å². The van der Waals surface area contributed by atoms with Crippen molar-refractivity contribution in [2.24, 2.45) is 17.8 Å². The van der Waals surface area contributed by atoms with E-state index in [-0.39, 0.29) is 23.7 Å². The van der Waals surface area contributed by atoms with Gasteiger partial charge in [0.25, 0.3) is 5.91 Å². The quantitative estimate of drug-likeness (QED) is 0.294. The molecule has 2 unspecified atom stereocenters. The Balaban J connectivity index is 1.27. The minimum absolute atomic E-state index is 0.00276. The molecule has 1 amide bonds.